The standard InChI is InChI=1S/C24H27N/c1-4-10-21(11-5-1)16-17-24(20-23-14-8-3-9-15-23)25-19-18-22-12-6-2-7-13-22/h1-15,24-25H,16-20H2. The summed E-state index contributed by atoms with van der Waals surface area (Å²) in [6, 6.07) is 32.8. The smallest absolute Gasteiger partial charge is 0.0111 e. The Morgan fingerprint density at radius 2 is 1.04 bits per heavy atom. The molecule has 1 atom stereocenters. The van der Waals surface area contributed by atoms with Gasteiger partial charge in [-0.3, -0.25) is 0 Å². The van der Waals surface area contributed by atoms with Gasteiger partial charge >= 0.3 is 0 Å². The third-order valence-corrected chi connectivity index (χ3v) is 4.64. The van der Waals surface area contributed by atoms with Crippen LogP contribution in [0, 0.1) is 0 Å². The summed E-state index contributed by atoms with van der Waals surface area (Å²) in [6.45, 7) is 1.02. The van der Waals surface area contributed by atoms with Gasteiger partial charge in [0.2, 0.25) is 0 Å². The van der Waals surface area contributed by atoms with Crippen molar-refractivity contribution in [2.24, 2.45) is 0 Å². The van der Waals surface area contributed by atoms with E-state index in [1.807, 2.05) is 0 Å². The minimum Gasteiger partial charge on any atom is -0.313 e. The average molecular weight is 329 g/mol. The fraction of sp³-hybridized carbons (Fsp3) is 0.250. The van der Waals surface area contributed by atoms with Crippen molar-refractivity contribution >= 4 is 0 Å². The van der Waals surface area contributed by atoms with Crippen molar-refractivity contribution in [3.63, 3.8) is 0 Å². The zero-order valence-electron chi connectivity index (χ0n) is 14.8. The lowest BCUT2D eigenvalue weighted by molar-refractivity contribution is 0.480. The normalized spacial score (nSPS) is 12.0. The summed E-state index contributed by atoms with van der Waals surface area (Å²) in [6.07, 6.45) is 4.45. The van der Waals surface area contributed by atoms with Crippen LogP contribution in [0.1, 0.15) is 23.1 Å². The molecule has 0 spiro atoms. The zero-order chi connectivity index (χ0) is 17.2. The van der Waals surface area contributed by atoms with Gasteiger partial charge < -0.3 is 5.32 Å². The second-order valence-corrected chi connectivity index (χ2v) is 6.60. The molecule has 0 saturated carbocycles. The first-order valence-corrected chi connectivity index (χ1v) is 9.25. The highest BCUT2D eigenvalue weighted by Gasteiger charge is 2.09. The first-order valence-electron chi connectivity index (χ1n) is 9.25. The van der Waals surface area contributed by atoms with Crippen LogP contribution in [-0.4, -0.2) is 12.6 Å². The molecule has 0 fully saturated rings. The fourth-order valence-corrected chi connectivity index (χ4v) is 3.23. The van der Waals surface area contributed by atoms with E-state index in [2.05, 4.69) is 96.3 Å². The quantitative estimate of drug-likeness (QED) is 0.578. The van der Waals surface area contributed by atoms with E-state index in [1.165, 1.54) is 16.7 Å². The predicted molar refractivity (Wildman–Crippen MR) is 107 cm³/mol. The summed E-state index contributed by atoms with van der Waals surface area (Å²) in [7, 11) is 0. The minimum atomic E-state index is 0.506. The molecule has 3 aromatic carbocycles. The monoisotopic (exact) mass is 329 g/mol. The molecule has 0 aliphatic heterocycles. The molecule has 1 nitrogen and oxygen atoms in total. The van der Waals surface area contributed by atoms with Gasteiger partial charge in [-0.2, -0.15) is 0 Å². The lowest BCUT2D eigenvalue weighted by atomic mass is 9.98. The van der Waals surface area contributed by atoms with Gasteiger partial charge in [-0.05, 0) is 48.9 Å². The number of hydrogen-bond donors (Lipinski definition) is 1. The van der Waals surface area contributed by atoms with Gasteiger partial charge in [0.15, 0.2) is 0 Å². The van der Waals surface area contributed by atoms with Crippen molar-refractivity contribution in [3.8, 4) is 0 Å². The maximum absolute atomic E-state index is 3.79. The molecule has 3 aromatic rings. The van der Waals surface area contributed by atoms with Crippen molar-refractivity contribution in [2.75, 3.05) is 6.54 Å². The Balaban J connectivity index is 1.55. The first kappa shape index (κ1) is 17.4. The third-order valence-electron chi connectivity index (χ3n) is 4.64. The fourth-order valence-electron chi connectivity index (χ4n) is 3.23. The van der Waals surface area contributed by atoms with Crippen LogP contribution in [0.15, 0.2) is 91.0 Å². The zero-order valence-corrected chi connectivity index (χ0v) is 14.8. The van der Waals surface area contributed by atoms with Gasteiger partial charge in [0, 0.05) is 6.04 Å². The van der Waals surface area contributed by atoms with E-state index < -0.39 is 0 Å². The highest BCUT2D eigenvalue weighted by molar-refractivity contribution is 5.18. The number of hydrogen-bond acceptors (Lipinski definition) is 1. The Morgan fingerprint density at radius 3 is 1.60 bits per heavy atom. The average Bonchev–Trinajstić information content (AvgIpc) is 2.68. The van der Waals surface area contributed by atoms with Gasteiger partial charge in [0.1, 0.15) is 0 Å². The predicted octanol–water partition coefficient (Wildman–Crippen LogP) is 5.06. The summed E-state index contributed by atoms with van der Waals surface area (Å²) in [5, 5.41) is 3.79. The van der Waals surface area contributed by atoms with Crippen molar-refractivity contribution in [2.45, 2.75) is 31.7 Å². The number of rotatable bonds is 9. The van der Waals surface area contributed by atoms with Crippen LogP contribution in [0.3, 0.4) is 0 Å². The van der Waals surface area contributed by atoms with Crippen molar-refractivity contribution in [1.29, 1.82) is 0 Å². The van der Waals surface area contributed by atoms with Crippen LogP contribution in [0.5, 0.6) is 0 Å². The second kappa shape index (κ2) is 9.80. The second-order valence-electron chi connectivity index (χ2n) is 6.60. The molecule has 25 heavy (non-hydrogen) atoms. The van der Waals surface area contributed by atoms with Crippen LogP contribution in [0.2, 0.25) is 0 Å². The minimum absolute atomic E-state index is 0.506. The van der Waals surface area contributed by atoms with Crippen LogP contribution in [0.25, 0.3) is 0 Å². The summed E-state index contributed by atoms with van der Waals surface area (Å²) in [4.78, 5) is 0. The lowest BCUT2D eigenvalue weighted by Crippen LogP contribution is -2.33. The maximum Gasteiger partial charge on any atom is 0.0111 e. The molecular formula is C24H27N. The molecule has 3 rings (SSSR count). The molecule has 0 radical (unpaired) electrons. The number of nitrogens with one attached hydrogen (secondary N) is 1. The third kappa shape index (κ3) is 6.21. The Labute approximate surface area is 151 Å². The summed E-state index contributed by atoms with van der Waals surface area (Å²) in [5.41, 5.74) is 4.23. The Kier molecular flexibility index (Phi) is 6.84. The first-order chi connectivity index (χ1) is 12.4. The molecule has 128 valence electrons. The van der Waals surface area contributed by atoms with E-state index in [1.54, 1.807) is 0 Å². The molecule has 0 aliphatic carbocycles. The molecule has 1 heteroatoms. The van der Waals surface area contributed by atoms with E-state index in [-0.39, 0.29) is 0 Å². The van der Waals surface area contributed by atoms with Crippen LogP contribution < -0.4 is 5.32 Å². The number of aryl methyl sites for hydroxylation is 1. The van der Waals surface area contributed by atoms with Crippen molar-refractivity contribution in [3.05, 3.63) is 108 Å². The van der Waals surface area contributed by atoms with Crippen molar-refractivity contribution < 1.29 is 0 Å². The molecule has 0 saturated heterocycles. The van der Waals surface area contributed by atoms with E-state index in [0.29, 0.717) is 6.04 Å². The van der Waals surface area contributed by atoms with Gasteiger partial charge in [-0.25, -0.2) is 0 Å². The summed E-state index contributed by atoms with van der Waals surface area (Å²) >= 11 is 0. The largest absolute Gasteiger partial charge is 0.313 e. The summed E-state index contributed by atoms with van der Waals surface area (Å²) < 4.78 is 0. The van der Waals surface area contributed by atoms with E-state index >= 15 is 0 Å². The molecule has 0 aromatic heterocycles. The highest BCUT2D eigenvalue weighted by Crippen LogP contribution is 2.10. The SMILES string of the molecule is c1ccc(CCNC(CCc2ccccc2)Cc2ccccc2)cc1. The molecule has 0 bridgehead atoms. The van der Waals surface area contributed by atoms with Crippen LogP contribution in [0.4, 0.5) is 0 Å². The molecule has 1 N–H and O–H groups in total. The van der Waals surface area contributed by atoms with Gasteiger partial charge in [-0.1, -0.05) is 91.0 Å². The van der Waals surface area contributed by atoms with Gasteiger partial charge in [0.25, 0.3) is 0 Å². The summed E-state index contributed by atoms with van der Waals surface area (Å²) in [5.74, 6) is 0. The highest BCUT2D eigenvalue weighted by atomic mass is 14.9. The van der Waals surface area contributed by atoms with Crippen LogP contribution >= 0.6 is 0 Å². The Bertz CT molecular complexity index is 707. The molecular weight excluding hydrogens is 302 g/mol. The molecule has 0 heterocycles. The molecule has 0 amide bonds. The molecule has 1 unspecified atom stereocenters. The number of benzene rings is 3. The van der Waals surface area contributed by atoms with E-state index in [4.69, 9.17) is 0 Å². The van der Waals surface area contributed by atoms with Crippen LogP contribution in [-0.2, 0) is 19.3 Å². The Hall–Kier alpha value is -2.38. The topological polar surface area (TPSA) is 12.0 Å². The molecule has 0 aliphatic rings. The maximum atomic E-state index is 3.79. The van der Waals surface area contributed by atoms with E-state index in [9.17, 15) is 0 Å². The van der Waals surface area contributed by atoms with Crippen molar-refractivity contribution in [1.82, 2.24) is 5.32 Å². The van der Waals surface area contributed by atoms with Gasteiger partial charge in [-0.15, -0.1) is 0 Å². The van der Waals surface area contributed by atoms with E-state index in [0.717, 1.165) is 32.2 Å². The lowest BCUT2D eigenvalue weighted by Gasteiger charge is -2.19. The Morgan fingerprint density at radius 1 is 0.560 bits per heavy atom. The van der Waals surface area contributed by atoms with Gasteiger partial charge in [0.05, 0.1) is 0 Å².